The zero-order valence-electron chi connectivity index (χ0n) is 21.9. The summed E-state index contributed by atoms with van der Waals surface area (Å²) in [5.74, 6) is -2.41. The number of hydrogen-bond acceptors (Lipinski definition) is 6. The number of rotatable bonds is 6. The molecule has 0 saturated carbocycles. The monoisotopic (exact) mass is 523 g/mol. The van der Waals surface area contributed by atoms with E-state index in [9.17, 15) is 24.6 Å². The number of hydrogen-bond donors (Lipinski definition) is 2. The number of esters is 1. The highest BCUT2D eigenvalue weighted by atomic mass is 16.5. The standard InChI is InChI=1S/C32H29NO6/c1-18-14-22(31(36)37)15-19(2)30(18)39-32(38)29-24-6-4-5-7-26(24)33(3)27-17-21(10-13-25(27)29)28(35)16-20-8-11-23(34)12-9-20/h4-15,17,21,25,29,34H,16H2,1-3H3,(H,36,37). The lowest BCUT2D eigenvalue weighted by Gasteiger charge is -2.41. The maximum atomic E-state index is 13.8. The van der Waals surface area contributed by atoms with E-state index in [2.05, 4.69) is 0 Å². The predicted molar refractivity (Wildman–Crippen MR) is 147 cm³/mol. The molecule has 198 valence electrons. The van der Waals surface area contributed by atoms with Crippen LogP contribution >= 0.6 is 0 Å². The van der Waals surface area contributed by atoms with Crippen molar-refractivity contribution in [3.63, 3.8) is 0 Å². The fourth-order valence-electron chi connectivity index (χ4n) is 5.50. The maximum absolute atomic E-state index is 13.8. The molecule has 1 aliphatic carbocycles. The minimum atomic E-state index is -1.04. The molecule has 7 heteroatoms. The van der Waals surface area contributed by atoms with Gasteiger partial charge < -0.3 is 19.8 Å². The number of para-hydroxylation sites is 1. The Morgan fingerprint density at radius 2 is 1.62 bits per heavy atom. The topological polar surface area (TPSA) is 104 Å². The van der Waals surface area contributed by atoms with Gasteiger partial charge in [0.15, 0.2) is 0 Å². The summed E-state index contributed by atoms with van der Waals surface area (Å²) in [6, 6.07) is 17.2. The highest BCUT2D eigenvalue weighted by Gasteiger charge is 2.42. The van der Waals surface area contributed by atoms with Gasteiger partial charge in [0.2, 0.25) is 0 Å². The van der Waals surface area contributed by atoms with Crippen molar-refractivity contribution in [2.24, 2.45) is 11.8 Å². The normalized spacial score (nSPS) is 19.5. The van der Waals surface area contributed by atoms with Gasteiger partial charge in [-0.15, -0.1) is 0 Å². The zero-order chi connectivity index (χ0) is 27.8. The lowest BCUT2D eigenvalue weighted by molar-refractivity contribution is -0.137. The van der Waals surface area contributed by atoms with E-state index >= 15 is 0 Å². The first-order valence-electron chi connectivity index (χ1n) is 12.7. The number of Topliss-reactive ketones (excluding diaryl/α,β-unsaturated/α-hetero) is 1. The van der Waals surface area contributed by atoms with Gasteiger partial charge in [0.25, 0.3) is 0 Å². The number of ether oxygens (including phenoxy) is 1. The molecule has 39 heavy (non-hydrogen) atoms. The number of phenols is 1. The van der Waals surface area contributed by atoms with E-state index in [4.69, 9.17) is 4.74 Å². The van der Waals surface area contributed by atoms with E-state index in [1.165, 1.54) is 12.1 Å². The van der Waals surface area contributed by atoms with E-state index in [-0.39, 0.29) is 29.4 Å². The molecular weight excluding hydrogens is 494 g/mol. The Balaban J connectivity index is 1.46. The third-order valence-electron chi connectivity index (χ3n) is 7.45. The van der Waals surface area contributed by atoms with Crippen molar-refractivity contribution in [1.82, 2.24) is 0 Å². The zero-order valence-corrected chi connectivity index (χ0v) is 21.9. The summed E-state index contributed by atoms with van der Waals surface area (Å²) in [5, 5.41) is 18.9. The molecule has 5 rings (SSSR count). The van der Waals surface area contributed by atoms with Gasteiger partial charge in [-0.1, -0.05) is 48.6 Å². The van der Waals surface area contributed by atoms with Crippen LogP contribution in [0.5, 0.6) is 11.5 Å². The highest BCUT2D eigenvalue weighted by molar-refractivity contribution is 5.91. The first-order chi connectivity index (χ1) is 18.6. The SMILES string of the molecule is Cc1cc(C(=O)O)cc(C)c1OC(=O)C1c2ccccc2N(C)C2=CC(C(=O)Cc3ccc(O)cc3)C=CC21. The smallest absolute Gasteiger partial charge is 0.335 e. The third-order valence-corrected chi connectivity index (χ3v) is 7.45. The van der Waals surface area contributed by atoms with Crippen LogP contribution in [-0.4, -0.2) is 35.0 Å². The van der Waals surface area contributed by atoms with Crippen LogP contribution in [-0.2, 0) is 16.0 Å². The van der Waals surface area contributed by atoms with Gasteiger partial charge in [-0.2, -0.15) is 0 Å². The van der Waals surface area contributed by atoms with E-state index < -0.39 is 23.8 Å². The van der Waals surface area contributed by atoms with Crippen LogP contribution in [0.15, 0.2) is 84.6 Å². The number of allylic oxidation sites excluding steroid dienone is 3. The van der Waals surface area contributed by atoms with Crippen LogP contribution in [0.1, 0.15) is 38.5 Å². The van der Waals surface area contributed by atoms with Crippen molar-refractivity contribution in [2.75, 3.05) is 11.9 Å². The Labute approximate surface area is 226 Å². The summed E-state index contributed by atoms with van der Waals surface area (Å²) in [7, 11) is 1.93. The first kappa shape index (κ1) is 26.0. The van der Waals surface area contributed by atoms with Crippen molar-refractivity contribution in [3.05, 3.63) is 112 Å². The second kappa shape index (κ2) is 10.3. The van der Waals surface area contributed by atoms with E-state index in [0.29, 0.717) is 16.9 Å². The summed E-state index contributed by atoms with van der Waals surface area (Å²) in [6.07, 6.45) is 5.90. The molecule has 3 atom stereocenters. The number of aromatic carboxylic acids is 1. The van der Waals surface area contributed by atoms with Gasteiger partial charge in [-0.05, 0) is 66.4 Å². The molecule has 3 aromatic rings. The molecule has 0 fully saturated rings. The number of carbonyl (C=O) groups excluding carboxylic acids is 2. The number of fused-ring (bicyclic) bond motifs is 2. The molecule has 7 nitrogen and oxygen atoms in total. The van der Waals surface area contributed by atoms with Crippen molar-refractivity contribution in [2.45, 2.75) is 26.2 Å². The molecule has 1 heterocycles. The molecule has 0 aromatic heterocycles. The summed E-state index contributed by atoms with van der Waals surface area (Å²) in [6.45, 7) is 3.45. The Hall–Kier alpha value is -4.65. The van der Waals surface area contributed by atoms with Crippen LogP contribution < -0.4 is 9.64 Å². The molecular formula is C32H29NO6. The van der Waals surface area contributed by atoms with Crippen LogP contribution in [0.2, 0.25) is 0 Å². The van der Waals surface area contributed by atoms with Gasteiger partial charge in [0, 0.05) is 30.8 Å². The molecule has 0 spiro atoms. The Bertz CT molecular complexity index is 1510. The lowest BCUT2D eigenvalue weighted by atomic mass is 9.75. The van der Waals surface area contributed by atoms with Crippen molar-refractivity contribution >= 4 is 23.4 Å². The van der Waals surface area contributed by atoms with Gasteiger partial charge >= 0.3 is 11.9 Å². The average molecular weight is 524 g/mol. The number of phenolic OH excluding ortho intramolecular Hbond substituents is 1. The number of anilines is 1. The summed E-state index contributed by atoms with van der Waals surface area (Å²) in [5.41, 5.74) is 4.61. The highest BCUT2D eigenvalue weighted by Crippen LogP contribution is 2.47. The largest absolute Gasteiger partial charge is 0.508 e. The Kier molecular flexibility index (Phi) is 6.83. The second-order valence-corrected chi connectivity index (χ2v) is 10.1. The fourth-order valence-corrected chi connectivity index (χ4v) is 5.50. The summed E-state index contributed by atoms with van der Waals surface area (Å²) in [4.78, 5) is 40.4. The van der Waals surface area contributed by atoms with Gasteiger partial charge in [0.1, 0.15) is 17.3 Å². The quantitative estimate of drug-likeness (QED) is 0.255. The Morgan fingerprint density at radius 3 is 2.28 bits per heavy atom. The third kappa shape index (κ3) is 4.95. The van der Waals surface area contributed by atoms with E-state index in [1.54, 1.807) is 38.1 Å². The summed E-state index contributed by atoms with van der Waals surface area (Å²) < 4.78 is 5.96. The van der Waals surface area contributed by atoms with Crippen molar-refractivity contribution in [3.8, 4) is 11.5 Å². The Morgan fingerprint density at radius 1 is 0.949 bits per heavy atom. The second-order valence-electron chi connectivity index (χ2n) is 10.1. The molecule has 0 radical (unpaired) electrons. The van der Waals surface area contributed by atoms with Crippen molar-refractivity contribution in [1.29, 1.82) is 0 Å². The molecule has 1 aliphatic heterocycles. The fraction of sp³-hybridized carbons (Fsp3) is 0.219. The van der Waals surface area contributed by atoms with Gasteiger partial charge in [0.05, 0.1) is 17.4 Å². The molecule has 2 aliphatic rings. The van der Waals surface area contributed by atoms with Gasteiger partial charge in [-0.3, -0.25) is 9.59 Å². The number of carboxylic acids is 1. The molecule has 0 bridgehead atoms. The van der Waals surface area contributed by atoms with Crippen LogP contribution in [0.4, 0.5) is 5.69 Å². The number of nitrogens with zero attached hydrogens (tertiary/aromatic N) is 1. The van der Waals surface area contributed by atoms with Crippen molar-refractivity contribution < 1.29 is 29.3 Å². The lowest BCUT2D eigenvalue weighted by Crippen LogP contribution is -2.39. The minimum absolute atomic E-state index is 0.0130. The molecule has 2 N–H and O–H groups in total. The minimum Gasteiger partial charge on any atom is -0.508 e. The number of ketones is 1. The van der Waals surface area contributed by atoms with Crippen LogP contribution in [0.25, 0.3) is 0 Å². The molecule has 3 aromatic carbocycles. The van der Waals surface area contributed by atoms with E-state index in [0.717, 1.165) is 22.5 Å². The number of benzene rings is 3. The first-order valence-corrected chi connectivity index (χ1v) is 12.7. The number of carboxylic acid groups (broad SMARTS) is 1. The number of aromatic hydroxyl groups is 1. The average Bonchev–Trinajstić information content (AvgIpc) is 2.91. The number of aryl methyl sites for hydroxylation is 2. The van der Waals surface area contributed by atoms with Crippen LogP contribution in [0.3, 0.4) is 0 Å². The molecule has 0 saturated heterocycles. The maximum Gasteiger partial charge on any atom is 0.335 e. The van der Waals surface area contributed by atoms with Crippen LogP contribution in [0, 0.1) is 25.7 Å². The van der Waals surface area contributed by atoms with E-state index in [1.807, 2.05) is 54.4 Å². The number of carbonyl (C=O) groups is 3. The van der Waals surface area contributed by atoms with Gasteiger partial charge in [-0.25, -0.2) is 4.79 Å². The molecule has 0 amide bonds. The molecule has 3 unspecified atom stereocenters. The summed E-state index contributed by atoms with van der Waals surface area (Å²) >= 11 is 0. The predicted octanol–water partition coefficient (Wildman–Crippen LogP) is 5.34.